The summed E-state index contributed by atoms with van der Waals surface area (Å²) in [5, 5.41) is 11.4. The molecule has 0 atom stereocenters. The van der Waals surface area contributed by atoms with E-state index in [1.165, 1.54) is 0 Å². The number of hydrogen-bond acceptors (Lipinski definition) is 6. The number of aryl methyl sites for hydroxylation is 1. The van der Waals surface area contributed by atoms with Gasteiger partial charge in [-0.25, -0.2) is 0 Å². The number of nitrogen functional groups attached to an aromatic ring is 1. The Kier molecular flexibility index (Phi) is 6.33. The molecule has 0 radical (unpaired) electrons. The molecule has 2 aromatic carbocycles. The number of benzene rings is 2. The van der Waals surface area contributed by atoms with Crippen LogP contribution in [-0.2, 0) is 11.2 Å². The van der Waals surface area contributed by atoms with Gasteiger partial charge in [0.25, 0.3) is 5.56 Å². The van der Waals surface area contributed by atoms with Gasteiger partial charge in [0.2, 0.25) is 11.1 Å². The molecule has 3 aromatic rings. The first kappa shape index (κ1) is 19.9. The van der Waals surface area contributed by atoms with Crippen molar-refractivity contribution < 1.29 is 4.79 Å². The van der Waals surface area contributed by atoms with Crippen LogP contribution in [-0.4, -0.2) is 26.5 Å². The predicted octanol–water partition coefficient (Wildman–Crippen LogP) is 2.64. The summed E-state index contributed by atoms with van der Waals surface area (Å²) in [7, 11) is 0. The van der Waals surface area contributed by atoms with Gasteiger partial charge in [-0.3, -0.25) is 9.59 Å². The van der Waals surface area contributed by atoms with Crippen molar-refractivity contribution in [1.29, 1.82) is 0 Å². The fourth-order valence-corrected chi connectivity index (χ4v) is 3.27. The summed E-state index contributed by atoms with van der Waals surface area (Å²) in [5.41, 5.74) is 2.47. The van der Waals surface area contributed by atoms with Crippen LogP contribution in [0.15, 0.2) is 58.5 Å². The summed E-state index contributed by atoms with van der Waals surface area (Å²) in [5.74, 6) is 5.60. The van der Waals surface area contributed by atoms with E-state index in [1.807, 2.05) is 31.2 Å². The van der Waals surface area contributed by atoms with Gasteiger partial charge in [-0.15, -0.1) is 10.2 Å². The van der Waals surface area contributed by atoms with Crippen LogP contribution < -0.4 is 16.7 Å². The van der Waals surface area contributed by atoms with Crippen molar-refractivity contribution in [2.45, 2.75) is 18.5 Å². The number of carbonyl (C=O) groups is 1. The maximum absolute atomic E-state index is 12.4. The Balaban J connectivity index is 1.64. The topological polar surface area (TPSA) is 103 Å². The SMILES string of the molecule is Cc1ccc(Cc2nnc(SCC(=O)Nc3cccc(Cl)c3)n(N)c2=O)cc1. The zero-order valence-corrected chi connectivity index (χ0v) is 16.6. The van der Waals surface area contributed by atoms with E-state index < -0.39 is 5.56 Å². The summed E-state index contributed by atoms with van der Waals surface area (Å²) in [6.07, 6.45) is 0.337. The third kappa shape index (κ3) is 5.11. The lowest BCUT2D eigenvalue weighted by atomic mass is 10.1. The average molecular weight is 416 g/mol. The lowest BCUT2D eigenvalue weighted by molar-refractivity contribution is -0.113. The smallest absolute Gasteiger partial charge is 0.294 e. The van der Waals surface area contributed by atoms with E-state index >= 15 is 0 Å². The molecule has 144 valence electrons. The number of nitrogens with zero attached hydrogens (tertiary/aromatic N) is 3. The van der Waals surface area contributed by atoms with Crippen molar-refractivity contribution in [2.24, 2.45) is 0 Å². The van der Waals surface area contributed by atoms with E-state index in [4.69, 9.17) is 17.4 Å². The third-order valence-corrected chi connectivity index (χ3v) is 5.04. The molecule has 9 heteroatoms. The largest absolute Gasteiger partial charge is 0.334 e. The zero-order chi connectivity index (χ0) is 20.1. The van der Waals surface area contributed by atoms with Gasteiger partial charge < -0.3 is 11.2 Å². The van der Waals surface area contributed by atoms with Crippen molar-refractivity contribution >= 4 is 35.0 Å². The number of nitrogens with one attached hydrogen (secondary N) is 1. The molecule has 3 rings (SSSR count). The highest BCUT2D eigenvalue weighted by Gasteiger charge is 2.13. The summed E-state index contributed by atoms with van der Waals surface area (Å²) >= 11 is 6.92. The van der Waals surface area contributed by atoms with Gasteiger partial charge in [-0.05, 0) is 30.7 Å². The zero-order valence-electron chi connectivity index (χ0n) is 15.1. The van der Waals surface area contributed by atoms with Crippen LogP contribution in [0.25, 0.3) is 0 Å². The Bertz CT molecular complexity index is 1050. The number of carbonyl (C=O) groups excluding carboxylic acids is 1. The number of thioether (sulfide) groups is 1. The first-order chi connectivity index (χ1) is 13.4. The molecule has 0 aliphatic rings. The van der Waals surface area contributed by atoms with Crippen LogP contribution in [0.5, 0.6) is 0 Å². The van der Waals surface area contributed by atoms with Crippen LogP contribution in [0.2, 0.25) is 5.02 Å². The Labute approximate surface area is 170 Å². The van der Waals surface area contributed by atoms with E-state index in [-0.39, 0.29) is 22.5 Å². The number of anilines is 1. The molecule has 0 aliphatic carbocycles. The minimum absolute atomic E-state index is 0.0230. The highest BCUT2D eigenvalue weighted by Crippen LogP contribution is 2.17. The lowest BCUT2D eigenvalue weighted by Gasteiger charge is -2.08. The van der Waals surface area contributed by atoms with Crippen LogP contribution in [0.1, 0.15) is 16.8 Å². The maximum Gasteiger partial charge on any atom is 0.294 e. The van der Waals surface area contributed by atoms with Crippen molar-refractivity contribution in [2.75, 3.05) is 16.9 Å². The summed E-state index contributed by atoms with van der Waals surface area (Å²) < 4.78 is 0.924. The van der Waals surface area contributed by atoms with E-state index in [2.05, 4.69) is 15.5 Å². The van der Waals surface area contributed by atoms with Gasteiger partial charge in [0.1, 0.15) is 5.69 Å². The van der Waals surface area contributed by atoms with Crippen molar-refractivity contribution in [1.82, 2.24) is 14.9 Å². The normalized spacial score (nSPS) is 10.6. The Hall–Kier alpha value is -2.84. The van der Waals surface area contributed by atoms with Gasteiger partial charge in [0, 0.05) is 17.1 Å². The fraction of sp³-hybridized carbons (Fsp3) is 0.158. The Morgan fingerprint density at radius 3 is 2.68 bits per heavy atom. The predicted molar refractivity (Wildman–Crippen MR) is 111 cm³/mol. The van der Waals surface area contributed by atoms with Gasteiger partial charge in [-0.1, -0.05) is 59.3 Å². The number of rotatable bonds is 6. The second kappa shape index (κ2) is 8.90. The number of amides is 1. The Morgan fingerprint density at radius 2 is 1.96 bits per heavy atom. The van der Waals surface area contributed by atoms with E-state index in [9.17, 15) is 9.59 Å². The van der Waals surface area contributed by atoms with Crippen LogP contribution >= 0.6 is 23.4 Å². The van der Waals surface area contributed by atoms with Crippen LogP contribution in [0, 0.1) is 6.92 Å². The molecule has 0 saturated carbocycles. The van der Waals surface area contributed by atoms with Crippen LogP contribution in [0.4, 0.5) is 5.69 Å². The van der Waals surface area contributed by atoms with Gasteiger partial charge in [0.05, 0.1) is 5.75 Å². The van der Waals surface area contributed by atoms with Gasteiger partial charge in [-0.2, -0.15) is 4.68 Å². The number of halogens is 1. The molecule has 1 aromatic heterocycles. The molecule has 1 heterocycles. The van der Waals surface area contributed by atoms with E-state index in [0.717, 1.165) is 27.6 Å². The number of aromatic nitrogens is 3. The first-order valence-corrected chi connectivity index (χ1v) is 9.76. The van der Waals surface area contributed by atoms with E-state index in [0.29, 0.717) is 17.1 Å². The number of hydrogen-bond donors (Lipinski definition) is 2. The monoisotopic (exact) mass is 415 g/mol. The van der Waals surface area contributed by atoms with Crippen LogP contribution in [0.3, 0.4) is 0 Å². The molecule has 3 N–H and O–H groups in total. The molecule has 7 nitrogen and oxygen atoms in total. The second-order valence-electron chi connectivity index (χ2n) is 6.11. The van der Waals surface area contributed by atoms with Crippen molar-refractivity contribution in [3.8, 4) is 0 Å². The molecule has 28 heavy (non-hydrogen) atoms. The Morgan fingerprint density at radius 1 is 1.21 bits per heavy atom. The molecule has 0 aliphatic heterocycles. The fourth-order valence-electron chi connectivity index (χ4n) is 2.42. The molecule has 0 saturated heterocycles. The first-order valence-electron chi connectivity index (χ1n) is 8.40. The van der Waals surface area contributed by atoms with Gasteiger partial charge in [0.15, 0.2) is 0 Å². The molecular weight excluding hydrogens is 398 g/mol. The molecule has 0 fully saturated rings. The quantitative estimate of drug-likeness (QED) is 0.474. The summed E-state index contributed by atoms with van der Waals surface area (Å²) in [6, 6.07) is 14.6. The maximum atomic E-state index is 12.4. The second-order valence-corrected chi connectivity index (χ2v) is 7.49. The third-order valence-electron chi connectivity index (χ3n) is 3.86. The lowest BCUT2D eigenvalue weighted by Crippen LogP contribution is -2.34. The minimum atomic E-state index is -0.437. The molecule has 0 unspecified atom stereocenters. The molecule has 0 spiro atoms. The average Bonchev–Trinajstić information content (AvgIpc) is 2.66. The van der Waals surface area contributed by atoms with Crippen molar-refractivity contribution in [3.63, 3.8) is 0 Å². The summed E-state index contributed by atoms with van der Waals surface area (Å²) in [6.45, 7) is 1.99. The molecule has 0 bridgehead atoms. The van der Waals surface area contributed by atoms with Crippen molar-refractivity contribution in [3.05, 3.63) is 80.7 Å². The summed E-state index contributed by atoms with van der Waals surface area (Å²) in [4.78, 5) is 24.5. The minimum Gasteiger partial charge on any atom is -0.334 e. The highest BCUT2D eigenvalue weighted by atomic mass is 35.5. The molecular formula is C19H18ClN5O2S. The van der Waals surface area contributed by atoms with E-state index in [1.54, 1.807) is 24.3 Å². The van der Waals surface area contributed by atoms with Gasteiger partial charge >= 0.3 is 0 Å². The standard InChI is InChI=1S/C19H18ClN5O2S/c1-12-5-7-13(8-6-12)9-16-18(27)25(21)19(24-23-16)28-11-17(26)22-15-4-2-3-14(20)10-15/h2-8,10H,9,11,21H2,1H3,(H,22,26). The number of nitrogens with two attached hydrogens (primary N) is 1. The highest BCUT2D eigenvalue weighted by molar-refractivity contribution is 7.99. The molecule has 1 amide bonds.